The van der Waals surface area contributed by atoms with E-state index < -0.39 is 0 Å². The third kappa shape index (κ3) is 4.79. The van der Waals surface area contributed by atoms with Gasteiger partial charge in [0.05, 0.1) is 17.1 Å². The standard InChI is InChI=1S/C28H30N10O2/c1-4-24(39)37-12-14-38(15-13-37)27-19-6-5-7-22(40-26-18(2)8-9-21-20(26)16-30-34-21)25(19)32-28(33-27)29-11-10-23-35-31-17-36(23)3/h4-9,16-17H,1,10-15H2,2-3H3,(H,30,34)(H,29,32,33). The normalized spacial score (nSPS) is 13.7. The van der Waals surface area contributed by atoms with Gasteiger partial charge in [-0.2, -0.15) is 10.1 Å². The number of nitrogens with one attached hydrogen (secondary N) is 2. The van der Waals surface area contributed by atoms with Crippen LogP contribution >= 0.6 is 0 Å². The maximum absolute atomic E-state index is 12.2. The molecule has 12 heteroatoms. The van der Waals surface area contributed by atoms with Gasteiger partial charge in [-0.3, -0.25) is 9.89 Å². The van der Waals surface area contributed by atoms with Crippen molar-refractivity contribution in [3.05, 3.63) is 66.9 Å². The Morgan fingerprint density at radius 2 is 2.00 bits per heavy atom. The zero-order valence-corrected chi connectivity index (χ0v) is 22.5. The molecule has 2 N–H and O–H groups in total. The van der Waals surface area contributed by atoms with E-state index in [0.29, 0.717) is 56.4 Å². The molecule has 1 aliphatic heterocycles. The number of carbonyl (C=O) groups excluding carboxylic acids is 1. The van der Waals surface area contributed by atoms with Gasteiger partial charge < -0.3 is 24.4 Å². The van der Waals surface area contributed by atoms with Crippen LogP contribution in [0.3, 0.4) is 0 Å². The third-order valence-electron chi connectivity index (χ3n) is 7.16. The predicted molar refractivity (Wildman–Crippen MR) is 153 cm³/mol. The molecule has 1 aliphatic rings. The number of aryl methyl sites for hydroxylation is 2. The summed E-state index contributed by atoms with van der Waals surface area (Å²) in [4.78, 5) is 26.0. The van der Waals surface area contributed by atoms with E-state index in [4.69, 9.17) is 14.7 Å². The quantitative estimate of drug-likeness (QED) is 0.286. The number of anilines is 2. The van der Waals surface area contributed by atoms with Crippen molar-refractivity contribution >= 4 is 39.5 Å². The van der Waals surface area contributed by atoms with Crippen LogP contribution in [0.5, 0.6) is 11.5 Å². The summed E-state index contributed by atoms with van der Waals surface area (Å²) in [5.74, 6) is 3.44. The first-order valence-corrected chi connectivity index (χ1v) is 13.2. The van der Waals surface area contributed by atoms with Gasteiger partial charge in [-0.25, -0.2) is 4.98 Å². The molecule has 3 aromatic heterocycles. The average Bonchev–Trinajstić information content (AvgIpc) is 3.63. The molecule has 5 aromatic rings. The van der Waals surface area contributed by atoms with Crippen molar-refractivity contribution in [3.63, 3.8) is 0 Å². The van der Waals surface area contributed by atoms with Crippen molar-refractivity contribution < 1.29 is 9.53 Å². The van der Waals surface area contributed by atoms with Crippen molar-refractivity contribution in [2.24, 2.45) is 7.05 Å². The first-order chi connectivity index (χ1) is 19.5. The summed E-state index contributed by atoms with van der Waals surface area (Å²) < 4.78 is 8.44. The molecule has 0 aliphatic carbocycles. The van der Waals surface area contributed by atoms with E-state index in [0.717, 1.165) is 39.2 Å². The molecule has 1 amide bonds. The molecule has 0 saturated carbocycles. The number of piperazine rings is 1. The molecule has 2 aromatic carbocycles. The second-order valence-electron chi connectivity index (χ2n) is 9.72. The first kappa shape index (κ1) is 25.3. The first-order valence-electron chi connectivity index (χ1n) is 13.2. The lowest BCUT2D eigenvalue weighted by atomic mass is 10.1. The fraction of sp³-hybridized carbons (Fsp3) is 0.286. The number of carbonyl (C=O) groups is 1. The number of hydrogen-bond donors (Lipinski definition) is 2. The molecule has 204 valence electrons. The van der Waals surface area contributed by atoms with Crippen LogP contribution in [0, 0.1) is 6.92 Å². The minimum atomic E-state index is -0.0576. The fourth-order valence-corrected chi connectivity index (χ4v) is 4.95. The Kier molecular flexibility index (Phi) is 6.72. The van der Waals surface area contributed by atoms with Crippen LogP contribution in [0.25, 0.3) is 21.8 Å². The summed E-state index contributed by atoms with van der Waals surface area (Å²) in [5.41, 5.74) is 2.58. The summed E-state index contributed by atoms with van der Waals surface area (Å²) in [6, 6.07) is 9.87. The summed E-state index contributed by atoms with van der Waals surface area (Å²) in [6.45, 7) is 8.67. The van der Waals surface area contributed by atoms with E-state index in [-0.39, 0.29) is 5.91 Å². The van der Waals surface area contributed by atoms with E-state index in [1.165, 1.54) is 6.08 Å². The van der Waals surface area contributed by atoms with Gasteiger partial charge >= 0.3 is 0 Å². The highest BCUT2D eigenvalue weighted by Gasteiger charge is 2.24. The van der Waals surface area contributed by atoms with Crippen LogP contribution in [0.1, 0.15) is 11.4 Å². The molecule has 0 atom stereocenters. The van der Waals surface area contributed by atoms with E-state index >= 15 is 0 Å². The number of fused-ring (bicyclic) bond motifs is 2. The van der Waals surface area contributed by atoms with Gasteiger partial charge in [-0.1, -0.05) is 18.7 Å². The van der Waals surface area contributed by atoms with Crippen molar-refractivity contribution in [1.29, 1.82) is 0 Å². The maximum Gasteiger partial charge on any atom is 0.246 e. The van der Waals surface area contributed by atoms with E-state index in [2.05, 4.69) is 37.2 Å². The number of H-pyrrole nitrogens is 1. The van der Waals surface area contributed by atoms with Gasteiger partial charge in [0.25, 0.3) is 0 Å². The number of nitrogens with zero attached hydrogens (tertiary/aromatic N) is 8. The fourth-order valence-electron chi connectivity index (χ4n) is 4.95. The van der Waals surface area contributed by atoms with Gasteiger partial charge in [-0.05, 0) is 36.8 Å². The number of rotatable bonds is 8. The van der Waals surface area contributed by atoms with Crippen LogP contribution < -0.4 is 15.0 Å². The van der Waals surface area contributed by atoms with Crippen molar-refractivity contribution in [2.75, 3.05) is 42.9 Å². The van der Waals surface area contributed by atoms with Crippen LogP contribution in [0.15, 0.2) is 55.5 Å². The largest absolute Gasteiger partial charge is 0.454 e. The molecule has 40 heavy (non-hydrogen) atoms. The molecule has 1 saturated heterocycles. The molecule has 0 spiro atoms. The Bertz CT molecular complexity index is 1700. The van der Waals surface area contributed by atoms with Crippen LogP contribution in [-0.4, -0.2) is 78.5 Å². The molecule has 12 nitrogen and oxygen atoms in total. The van der Waals surface area contributed by atoms with Crippen LogP contribution in [-0.2, 0) is 18.3 Å². The zero-order valence-electron chi connectivity index (χ0n) is 22.5. The van der Waals surface area contributed by atoms with Crippen molar-refractivity contribution in [1.82, 2.24) is 39.8 Å². The number of benzene rings is 2. The summed E-state index contributed by atoms with van der Waals surface area (Å²) in [7, 11) is 1.92. The SMILES string of the molecule is C=CC(=O)N1CCN(c2nc(NCCc3nncn3C)nc3c(Oc4c(C)ccc5[nH]ncc45)cccc23)CC1. The monoisotopic (exact) mass is 538 g/mol. The lowest BCUT2D eigenvalue weighted by Gasteiger charge is -2.35. The van der Waals surface area contributed by atoms with Crippen molar-refractivity contribution in [2.45, 2.75) is 13.3 Å². The smallest absolute Gasteiger partial charge is 0.246 e. The summed E-state index contributed by atoms with van der Waals surface area (Å²) in [5, 5.41) is 20.5. The van der Waals surface area contributed by atoms with E-state index in [1.807, 2.05) is 48.9 Å². The lowest BCUT2D eigenvalue weighted by Crippen LogP contribution is -2.48. The number of aromatic amines is 1. The molecule has 4 heterocycles. The average molecular weight is 539 g/mol. The highest BCUT2D eigenvalue weighted by atomic mass is 16.5. The number of hydrogen-bond acceptors (Lipinski definition) is 9. The number of aromatic nitrogens is 7. The maximum atomic E-state index is 12.2. The topological polar surface area (TPSA) is 130 Å². The zero-order chi connectivity index (χ0) is 27.6. The lowest BCUT2D eigenvalue weighted by molar-refractivity contribution is -0.126. The third-order valence-corrected chi connectivity index (χ3v) is 7.16. The Hall–Kier alpha value is -5.00. The second kappa shape index (κ2) is 10.6. The van der Waals surface area contributed by atoms with E-state index in [1.54, 1.807) is 17.4 Å². The van der Waals surface area contributed by atoms with Gasteiger partial charge in [-0.15, -0.1) is 10.2 Å². The predicted octanol–water partition coefficient (Wildman–Crippen LogP) is 3.22. The molecular formula is C28H30N10O2. The highest BCUT2D eigenvalue weighted by molar-refractivity contribution is 5.95. The van der Waals surface area contributed by atoms with Crippen LogP contribution in [0.2, 0.25) is 0 Å². The van der Waals surface area contributed by atoms with Gasteiger partial charge in [0.1, 0.15) is 29.2 Å². The Morgan fingerprint density at radius 3 is 2.77 bits per heavy atom. The summed E-state index contributed by atoms with van der Waals surface area (Å²) in [6.07, 6.45) is 5.48. The molecule has 6 rings (SSSR count). The Labute approximate surface area is 230 Å². The number of ether oxygens (including phenoxy) is 1. The number of amides is 1. The van der Waals surface area contributed by atoms with Gasteiger partial charge in [0.15, 0.2) is 5.75 Å². The van der Waals surface area contributed by atoms with Gasteiger partial charge in [0, 0.05) is 51.6 Å². The minimum absolute atomic E-state index is 0.0576. The highest BCUT2D eigenvalue weighted by Crippen LogP contribution is 2.37. The minimum Gasteiger partial charge on any atom is -0.454 e. The van der Waals surface area contributed by atoms with Gasteiger partial charge in [0.2, 0.25) is 11.9 Å². The molecule has 0 radical (unpaired) electrons. The molecule has 1 fully saturated rings. The Balaban J connectivity index is 1.37. The second-order valence-corrected chi connectivity index (χ2v) is 9.72. The molecule has 0 unspecified atom stereocenters. The Morgan fingerprint density at radius 1 is 1.15 bits per heavy atom. The van der Waals surface area contributed by atoms with Crippen LogP contribution in [0.4, 0.5) is 11.8 Å². The number of para-hydroxylation sites is 1. The molecule has 0 bridgehead atoms. The van der Waals surface area contributed by atoms with E-state index in [9.17, 15) is 4.79 Å². The molecular weight excluding hydrogens is 508 g/mol. The summed E-state index contributed by atoms with van der Waals surface area (Å²) >= 11 is 0. The van der Waals surface area contributed by atoms with Crippen molar-refractivity contribution in [3.8, 4) is 11.5 Å².